The third kappa shape index (κ3) is 5.31. The molecule has 0 aliphatic heterocycles. The van der Waals surface area contributed by atoms with E-state index in [2.05, 4.69) is 16.8 Å². The Morgan fingerprint density at radius 3 is 2.70 bits per heavy atom. The number of aromatic nitrogens is 3. The van der Waals surface area contributed by atoms with Crippen LogP contribution in [0.4, 0.5) is 5.69 Å². The van der Waals surface area contributed by atoms with Crippen LogP contribution in [-0.2, 0) is 18.9 Å². The van der Waals surface area contributed by atoms with Gasteiger partial charge in [0.25, 0.3) is 0 Å². The molecule has 1 heterocycles. The van der Waals surface area contributed by atoms with E-state index in [0.29, 0.717) is 34.1 Å². The summed E-state index contributed by atoms with van der Waals surface area (Å²) in [6.45, 7) is 4.53. The van der Waals surface area contributed by atoms with E-state index in [1.54, 1.807) is 42.5 Å². The molecule has 0 saturated heterocycles. The van der Waals surface area contributed by atoms with E-state index in [1.165, 1.54) is 24.9 Å². The van der Waals surface area contributed by atoms with Gasteiger partial charge in [0.1, 0.15) is 12.4 Å². The largest absolute Gasteiger partial charge is 0.490 e. The van der Waals surface area contributed by atoms with Crippen LogP contribution in [0, 0.1) is 10.1 Å². The topological polar surface area (TPSA) is 92.3 Å². The Balaban J connectivity index is 1.71. The zero-order chi connectivity index (χ0) is 21.5. The van der Waals surface area contributed by atoms with Crippen LogP contribution >= 0.6 is 23.4 Å². The third-order valence-corrected chi connectivity index (χ3v) is 5.38. The summed E-state index contributed by atoms with van der Waals surface area (Å²) < 4.78 is 12.7. The molecule has 8 nitrogen and oxygen atoms in total. The fraction of sp³-hybridized carbons (Fsp3) is 0.200. The molecule has 0 spiro atoms. The first-order valence-electron chi connectivity index (χ1n) is 8.87. The molecule has 0 saturated carbocycles. The lowest BCUT2D eigenvalue weighted by Gasteiger charge is -2.09. The summed E-state index contributed by atoms with van der Waals surface area (Å²) in [6.07, 6.45) is 1.75. The van der Waals surface area contributed by atoms with Crippen molar-refractivity contribution in [2.24, 2.45) is 0 Å². The molecule has 10 heteroatoms. The highest BCUT2D eigenvalue weighted by atomic mass is 35.5. The number of rotatable bonds is 10. The van der Waals surface area contributed by atoms with Crippen molar-refractivity contribution in [3.8, 4) is 11.5 Å². The van der Waals surface area contributed by atoms with Crippen molar-refractivity contribution in [2.75, 3.05) is 7.11 Å². The minimum absolute atomic E-state index is 0.0692. The Hall–Kier alpha value is -3.04. The lowest BCUT2D eigenvalue weighted by atomic mass is 10.2. The van der Waals surface area contributed by atoms with Crippen molar-refractivity contribution in [2.45, 2.75) is 24.1 Å². The highest BCUT2D eigenvalue weighted by molar-refractivity contribution is 7.98. The first-order valence-corrected chi connectivity index (χ1v) is 10.2. The van der Waals surface area contributed by atoms with E-state index in [0.717, 1.165) is 5.56 Å². The highest BCUT2D eigenvalue weighted by Crippen LogP contribution is 2.30. The Morgan fingerprint density at radius 1 is 1.27 bits per heavy atom. The maximum absolute atomic E-state index is 11.2. The van der Waals surface area contributed by atoms with E-state index in [4.69, 9.17) is 21.1 Å². The molecule has 0 N–H and O–H groups in total. The number of nitrogens with zero attached hydrogens (tertiary/aromatic N) is 4. The smallest absolute Gasteiger partial charge is 0.311 e. The predicted molar refractivity (Wildman–Crippen MR) is 115 cm³/mol. The molecule has 0 bridgehead atoms. The van der Waals surface area contributed by atoms with Gasteiger partial charge in [0.15, 0.2) is 16.7 Å². The summed E-state index contributed by atoms with van der Waals surface area (Å²) in [5, 5.41) is 21.0. The van der Waals surface area contributed by atoms with Gasteiger partial charge in [0.05, 0.1) is 12.0 Å². The molecule has 0 atom stereocenters. The second kappa shape index (κ2) is 10.1. The SMILES string of the molecule is C=CCn1c(COc2ccc(Cl)cc2)nnc1SCc1ccc(OC)c([N+](=O)[O-])c1. The Bertz CT molecular complexity index is 1040. The van der Waals surface area contributed by atoms with Crippen LogP contribution in [0.15, 0.2) is 60.3 Å². The van der Waals surface area contributed by atoms with Gasteiger partial charge in [-0.3, -0.25) is 14.7 Å². The van der Waals surface area contributed by atoms with Gasteiger partial charge in [-0.2, -0.15) is 0 Å². The molecule has 0 radical (unpaired) electrons. The second-order valence-corrected chi connectivity index (χ2v) is 7.47. The van der Waals surface area contributed by atoms with Crippen molar-refractivity contribution >= 4 is 29.1 Å². The van der Waals surface area contributed by atoms with E-state index in [1.807, 2.05) is 4.57 Å². The van der Waals surface area contributed by atoms with E-state index in [-0.39, 0.29) is 18.0 Å². The number of nitro groups is 1. The average molecular weight is 447 g/mol. The molecule has 2 aromatic carbocycles. The van der Waals surface area contributed by atoms with Gasteiger partial charge >= 0.3 is 5.69 Å². The maximum Gasteiger partial charge on any atom is 0.311 e. The zero-order valence-corrected chi connectivity index (χ0v) is 17.7. The summed E-state index contributed by atoms with van der Waals surface area (Å²) in [6, 6.07) is 11.9. The molecule has 3 aromatic rings. The van der Waals surface area contributed by atoms with Gasteiger partial charge < -0.3 is 9.47 Å². The average Bonchev–Trinajstić information content (AvgIpc) is 3.13. The summed E-state index contributed by atoms with van der Waals surface area (Å²) in [5.74, 6) is 2.03. The van der Waals surface area contributed by atoms with Gasteiger partial charge in [0, 0.05) is 23.4 Å². The first kappa shape index (κ1) is 21.7. The number of ether oxygens (including phenoxy) is 2. The number of thioether (sulfide) groups is 1. The molecule has 3 rings (SSSR count). The number of benzene rings is 2. The molecule has 0 unspecified atom stereocenters. The van der Waals surface area contributed by atoms with Crippen molar-refractivity contribution in [1.82, 2.24) is 14.8 Å². The Morgan fingerprint density at radius 2 is 2.03 bits per heavy atom. The number of hydrogen-bond acceptors (Lipinski definition) is 7. The molecular weight excluding hydrogens is 428 g/mol. The van der Waals surface area contributed by atoms with Crippen LogP contribution in [-0.4, -0.2) is 26.8 Å². The standard InChI is InChI=1S/C20H19ClN4O4S/c1-3-10-24-19(12-29-16-7-5-15(21)6-8-16)22-23-20(24)30-13-14-4-9-18(28-2)17(11-14)25(26)27/h3-9,11H,1,10,12-13H2,2H3. The van der Waals surface area contributed by atoms with Crippen molar-refractivity contribution < 1.29 is 14.4 Å². The Kier molecular flexibility index (Phi) is 7.31. The summed E-state index contributed by atoms with van der Waals surface area (Å²) in [4.78, 5) is 10.8. The van der Waals surface area contributed by atoms with Crippen LogP contribution in [0.2, 0.25) is 5.02 Å². The lowest BCUT2D eigenvalue weighted by molar-refractivity contribution is -0.385. The monoisotopic (exact) mass is 446 g/mol. The van der Waals surface area contributed by atoms with E-state index in [9.17, 15) is 10.1 Å². The quantitative estimate of drug-likeness (QED) is 0.189. The second-order valence-electron chi connectivity index (χ2n) is 6.09. The van der Waals surface area contributed by atoms with Gasteiger partial charge in [-0.15, -0.1) is 16.8 Å². The fourth-order valence-corrected chi connectivity index (χ4v) is 3.68. The number of allylic oxidation sites excluding steroid dienone is 1. The minimum Gasteiger partial charge on any atom is -0.490 e. The molecule has 0 aliphatic rings. The van der Waals surface area contributed by atoms with Crippen LogP contribution < -0.4 is 9.47 Å². The van der Waals surface area contributed by atoms with Gasteiger partial charge in [-0.1, -0.05) is 35.5 Å². The summed E-state index contributed by atoms with van der Waals surface area (Å²) in [5.41, 5.74) is 0.708. The molecular formula is C20H19ClN4O4S. The molecule has 1 aromatic heterocycles. The Labute approximate surface area is 182 Å². The summed E-state index contributed by atoms with van der Waals surface area (Å²) in [7, 11) is 1.40. The van der Waals surface area contributed by atoms with Crippen LogP contribution in [0.1, 0.15) is 11.4 Å². The molecule has 0 amide bonds. The minimum atomic E-state index is -0.459. The third-order valence-electron chi connectivity index (χ3n) is 4.09. The first-order chi connectivity index (χ1) is 14.5. The zero-order valence-electron chi connectivity index (χ0n) is 16.2. The van der Waals surface area contributed by atoms with Crippen molar-refractivity contribution in [3.05, 3.63) is 81.6 Å². The van der Waals surface area contributed by atoms with Gasteiger partial charge in [0.2, 0.25) is 0 Å². The lowest BCUT2D eigenvalue weighted by Crippen LogP contribution is -2.07. The number of methoxy groups -OCH3 is 1. The van der Waals surface area contributed by atoms with Crippen LogP contribution in [0.3, 0.4) is 0 Å². The molecule has 0 aliphatic carbocycles. The van der Waals surface area contributed by atoms with Gasteiger partial charge in [-0.05, 0) is 35.9 Å². The van der Waals surface area contributed by atoms with Gasteiger partial charge in [-0.25, -0.2) is 0 Å². The molecule has 0 fully saturated rings. The number of halogens is 1. The predicted octanol–water partition coefficient (Wildman–Crippen LogP) is 4.91. The summed E-state index contributed by atoms with van der Waals surface area (Å²) >= 11 is 7.31. The van der Waals surface area contributed by atoms with Crippen LogP contribution in [0.25, 0.3) is 0 Å². The van der Waals surface area contributed by atoms with Crippen molar-refractivity contribution in [3.63, 3.8) is 0 Å². The fourth-order valence-electron chi connectivity index (χ4n) is 2.64. The van der Waals surface area contributed by atoms with E-state index >= 15 is 0 Å². The van der Waals surface area contributed by atoms with Crippen molar-refractivity contribution in [1.29, 1.82) is 0 Å². The molecule has 30 heavy (non-hydrogen) atoms. The van der Waals surface area contributed by atoms with E-state index < -0.39 is 4.92 Å². The normalized spacial score (nSPS) is 10.6. The number of nitro benzene ring substituents is 1. The molecule has 156 valence electrons. The van der Waals surface area contributed by atoms with Crippen LogP contribution in [0.5, 0.6) is 11.5 Å². The highest BCUT2D eigenvalue weighted by Gasteiger charge is 2.17. The number of hydrogen-bond donors (Lipinski definition) is 0. The maximum atomic E-state index is 11.2.